The van der Waals surface area contributed by atoms with Crippen LogP contribution in [-0.2, 0) is 17.1 Å². The lowest BCUT2D eigenvalue weighted by molar-refractivity contribution is -0.143. The van der Waals surface area contributed by atoms with Crippen LogP contribution in [0, 0.1) is 0 Å². The van der Waals surface area contributed by atoms with Gasteiger partial charge in [-0.2, -0.15) is 26.3 Å². The van der Waals surface area contributed by atoms with E-state index in [0.717, 1.165) is 16.9 Å². The Bertz CT molecular complexity index is 1160. The number of hydrogen-bond acceptors (Lipinski definition) is 4. The van der Waals surface area contributed by atoms with Gasteiger partial charge in [0.1, 0.15) is 5.00 Å². The number of halogens is 6. The Labute approximate surface area is 199 Å². The quantitative estimate of drug-likeness (QED) is 0.209. The predicted molar refractivity (Wildman–Crippen MR) is 122 cm³/mol. The third-order valence-electron chi connectivity index (χ3n) is 4.36. The fraction of sp³-hybridized carbons (Fsp3) is 0.182. The number of nitrogens with one attached hydrogen (secondary N) is 2. The van der Waals surface area contributed by atoms with E-state index in [0.29, 0.717) is 17.0 Å². The van der Waals surface area contributed by atoms with Gasteiger partial charge in [0.25, 0.3) is 0 Å². The Morgan fingerprint density at radius 1 is 0.941 bits per heavy atom. The zero-order valence-electron chi connectivity index (χ0n) is 17.3. The summed E-state index contributed by atoms with van der Waals surface area (Å²) in [7, 11) is 0. The van der Waals surface area contributed by atoms with Gasteiger partial charge in [-0.05, 0) is 49.0 Å². The number of benzene rings is 2. The molecule has 0 fully saturated rings. The van der Waals surface area contributed by atoms with E-state index in [9.17, 15) is 31.1 Å². The zero-order valence-corrected chi connectivity index (χ0v) is 18.9. The molecule has 4 nitrogen and oxygen atoms in total. The number of anilines is 2. The fourth-order valence-electron chi connectivity index (χ4n) is 2.88. The first-order valence-electron chi connectivity index (χ1n) is 9.62. The Balaban J connectivity index is 1.91. The largest absolute Gasteiger partial charge is 0.462 e. The lowest BCUT2D eigenvalue weighted by atomic mass is 10.1. The van der Waals surface area contributed by atoms with Crippen molar-refractivity contribution in [2.45, 2.75) is 19.3 Å². The summed E-state index contributed by atoms with van der Waals surface area (Å²) >= 11 is 6.22. The van der Waals surface area contributed by atoms with Gasteiger partial charge in [-0.15, -0.1) is 11.3 Å². The van der Waals surface area contributed by atoms with Gasteiger partial charge in [0.2, 0.25) is 0 Å². The number of carbonyl (C=O) groups excluding carboxylic acids is 1. The standard InChI is InChI=1S/C22H16F6N2O2S2/c1-2-32-19(31)16-11-17(12-6-4-3-5-7-12)34-18(16)30-20(33)29-15-9-13(21(23,24)25)8-14(10-15)22(26,27)28/h3-11H,2H2,1H3,(H2,29,30,33). The Morgan fingerprint density at radius 3 is 2.06 bits per heavy atom. The van der Waals surface area contributed by atoms with E-state index >= 15 is 0 Å². The van der Waals surface area contributed by atoms with E-state index in [1.54, 1.807) is 25.1 Å². The maximum atomic E-state index is 13.1. The maximum Gasteiger partial charge on any atom is 0.416 e. The van der Waals surface area contributed by atoms with Crippen molar-refractivity contribution in [3.63, 3.8) is 0 Å². The van der Waals surface area contributed by atoms with Crippen LogP contribution < -0.4 is 10.6 Å². The van der Waals surface area contributed by atoms with Crippen LogP contribution in [0.25, 0.3) is 10.4 Å². The molecular formula is C22H16F6N2O2S2. The number of ether oxygens (including phenoxy) is 1. The van der Waals surface area contributed by atoms with Gasteiger partial charge in [0, 0.05) is 10.6 Å². The summed E-state index contributed by atoms with van der Waals surface area (Å²) in [5, 5.41) is 4.93. The second-order valence-electron chi connectivity index (χ2n) is 6.81. The van der Waals surface area contributed by atoms with E-state index in [-0.39, 0.29) is 28.4 Å². The molecule has 0 aliphatic heterocycles. The number of thiophene rings is 1. The molecule has 0 unspecified atom stereocenters. The summed E-state index contributed by atoms with van der Waals surface area (Å²) in [5.41, 5.74) is -2.57. The van der Waals surface area contributed by atoms with Crippen molar-refractivity contribution in [3.8, 4) is 10.4 Å². The van der Waals surface area contributed by atoms with Crippen molar-refractivity contribution in [3.05, 3.63) is 71.3 Å². The van der Waals surface area contributed by atoms with Gasteiger partial charge in [-0.25, -0.2) is 4.79 Å². The van der Waals surface area contributed by atoms with Crippen LogP contribution in [0.2, 0.25) is 0 Å². The fourth-order valence-corrected chi connectivity index (χ4v) is 4.22. The summed E-state index contributed by atoms with van der Waals surface area (Å²) < 4.78 is 83.7. The highest BCUT2D eigenvalue weighted by atomic mass is 32.1. The minimum absolute atomic E-state index is 0.0198. The van der Waals surface area contributed by atoms with Crippen LogP contribution in [0.1, 0.15) is 28.4 Å². The third-order valence-corrected chi connectivity index (χ3v) is 5.66. The van der Waals surface area contributed by atoms with Crippen molar-refractivity contribution in [1.29, 1.82) is 0 Å². The van der Waals surface area contributed by atoms with Crippen molar-refractivity contribution in [1.82, 2.24) is 0 Å². The van der Waals surface area contributed by atoms with E-state index in [1.165, 1.54) is 0 Å². The molecule has 0 atom stereocenters. The van der Waals surface area contributed by atoms with Crippen LogP contribution in [0.3, 0.4) is 0 Å². The molecule has 3 aromatic rings. The molecule has 1 aromatic heterocycles. The van der Waals surface area contributed by atoms with Crippen LogP contribution in [-0.4, -0.2) is 17.7 Å². The molecule has 3 rings (SSSR count). The smallest absolute Gasteiger partial charge is 0.416 e. The Hall–Kier alpha value is -3.12. The summed E-state index contributed by atoms with van der Waals surface area (Å²) in [6, 6.07) is 11.6. The summed E-state index contributed by atoms with van der Waals surface area (Å²) in [6.07, 6.45) is -10.00. The van der Waals surface area contributed by atoms with E-state index in [1.807, 2.05) is 18.2 Å². The number of hydrogen-bond donors (Lipinski definition) is 2. The zero-order chi connectivity index (χ0) is 25.1. The number of esters is 1. The van der Waals surface area contributed by atoms with Crippen molar-refractivity contribution < 1.29 is 35.9 Å². The topological polar surface area (TPSA) is 50.4 Å². The lowest BCUT2D eigenvalue weighted by Crippen LogP contribution is -2.21. The molecule has 0 aliphatic carbocycles. The number of rotatable bonds is 5. The Kier molecular flexibility index (Phi) is 7.51. The molecule has 0 amide bonds. The average molecular weight is 519 g/mol. The molecule has 12 heteroatoms. The first-order chi connectivity index (χ1) is 15.9. The lowest BCUT2D eigenvalue weighted by Gasteiger charge is -2.16. The minimum atomic E-state index is -5.00. The predicted octanol–water partition coefficient (Wildman–Crippen LogP) is 7.44. The van der Waals surface area contributed by atoms with Gasteiger partial charge < -0.3 is 15.4 Å². The van der Waals surface area contributed by atoms with Crippen LogP contribution in [0.5, 0.6) is 0 Å². The monoisotopic (exact) mass is 518 g/mol. The summed E-state index contributed by atoms with van der Waals surface area (Å²) in [5.74, 6) is -0.662. The molecular weight excluding hydrogens is 502 g/mol. The van der Waals surface area contributed by atoms with Gasteiger partial charge in [0.15, 0.2) is 5.11 Å². The molecule has 2 aromatic carbocycles. The molecule has 2 N–H and O–H groups in total. The van der Waals surface area contributed by atoms with Gasteiger partial charge in [0.05, 0.1) is 23.3 Å². The molecule has 0 bridgehead atoms. The first-order valence-corrected chi connectivity index (χ1v) is 10.8. The molecule has 34 heavy (non-hydrogen) atoms. The maximum absolute atomic E-state index is 13.1. The molecule has 180 valence electrons. The van der Waals surface area contributed by atoms with Crippen molar-refractivity contribution >= 4 is 45.3 Å². The van der Waals surface area contributed by atoms with Crippen molar-refractivity contribution in [2.75, 3.05) is 17.2 Å². The second-order valence-corrected chi connectivity index (χ2v) is 8.27. The second kappa shape index (κ2) is 10.0. The minimum Gasteiger partial charge on any atom is -0.462 e. The number of alkyl halides is 6. The highest BCUT2D eigenvalue weighted by molar-refractivity contribution is 7.80. The molecule has 0 radical (unpaired) electrons. The molecule has 0 saturated carbocycles. The molecule has 0 spiro atoms. The SMILES string of the molecule is CCOC(=O)c1cc(-c2ccccc2)sc1NC(=S)Nc1cc(C(F)(F)F)cc(C(F)(F)F)c1. The van der Waals surface area contributed by atoms with Crippen LogP contribution in [0.15, 0.2) is 54.6 Å². The first kappa shape index (κ1) is 25.5. The third kappa shape index (κ3) is 6.26. The number of thiocarbonyl (C=S) groups is 1. The van der Waals surface area contributed by atoms with Gasteiger partial charge in [-0.1, -0.05) is 30.3 Å². The normalized spacial score (nSPS) is 11.7. The molecule has 0 saturated heterocycles. The van der Waals surface area contributed by atoms with Gasteiger partial charge in [-0.3, -0.25) is 0 Å². The van der Waals surface area contributed by atoms with Crippen molar-refractivity contribution in [2.24, 2.45) is 0 Å². The van der Waals surface area contributed by atoms with E-state index in [2.05, 4.69) is 10.6 Å². The van der Waals surface area contributed by atoms with Crippen LogP contribution in [0.4, 0.5) is 37.0 Å². The molecule has 1 heterocycles. The van der Waals surface area contributed by atoms with E-state index < -0.39 is 35.1 Å². The highest BCUT2D eigenvalue weighted by Gasteiger charge is 2.37. The highest BCUT2D eigenvalue weighted by Crippen LogP contribution is 2.38. The Morgan fingerprint density at radius 2 is 1.53 bits per heavy atom. The van der Waals surface area contributed by atoms with Crippen LogP contribution >= 0.6 is 23.6 Å². The van der Waals surface area contributed by atoms with Gasteiger partial charge >= 0.3 is 18.3 Å². The van der Waals surface area contributed by atoms with E-state index in [4.69, 9.17) is 17.0 Å². The summed E-state index contributed by atoms with van der Waals surface area (Å²) in [6.45, 7) is 1.72. The number of carbonyl (C=O) groups is 1. The summed E-state index contributed by atoms with van der Waals surface area (Å²) in [4.78, 5) is 13.1. The average Bonchev–Trinajstić information content (AvgIpc) is 3.17. The molecule has 0 aliphatic rings.